The second-order valence-corrected chi connectivity index (χ2v) is 6.66. The number of fused-ring (bicyclic) bond motifs is 1. The third-order valence-corrected chi connectivity index (χ3v) is 4.73. The van der Waals surface area contributed by atoms with Crippen LogP contribution in [0.25, 0.3) is 10.2 Å². The summed E-state index contributed by atoms with van der Waals surface area (Å²) < 4.78 is 1.15. The Morgan fingerprint density at radius 2 is 2.00 bits per heavy atom. The van der Waals surface area contributed by atoms with Gasteiger partial charge in [-0.2, -0.15) is 0 Å². The van der Waals surface area contributed by atoms with E-state index in [0.29, 0.717) is 12.0 Å². The van der Waals surface area contributed by atoms with Crippen LogP contribution in [0.2, 0.25) is 0 Å². The molecule has 2 heterocycles. The van der Waals surface area contributed by atoms with Crippen molar-refractivity contribution < 1.29 is 0 Å². The molecule has 0 aliphatic carbocycles. The average molecular weight is 306 g/mol. The minimum Gasteiger partial charge on any atom is -0.367 e. The molecule has 0 bridgehead atoms. The normalized spacial score (nSPS) is 13.2. The molecule has 116 valence electrons. The fourth-order valence-corrected chi connectivity index (χ4v) is 3.59. The maximum Gasteiger partial charge on any atom is 0.147 e. The van der Waals surface area contributed by atoms with Crippen molar-refractivity contribution in [1.82, 2.24) is 14.9 Å². The average Bonchev–Trinajstić information content (AvgIpc) is 2.94. The minimum absolute atomic E-state index is 0.546. The molecule has 0 aliphatic rings. The standard InChI is InChI=1S/C16H26N4S/c1-5-20(6-2)13(9-12(3)4)10-17-16-15-14(7-8-21-15)18-11-19-16/h7-8,11-13H,5-6,9-10H2,1-4H3,(H,17,18,19)/t13-/m0/s1. The Morgan fingerprint density at radius 1 is 1.24 bits per heavy atom. The first-order valence-electron chi connectivity index (χ1n) is 7.81. The van der Waals surface area contributed by atoms with E-state index >= 15 is 0 Å². The number of thiophene rings is 1. The third-order valence-electron chi connectivity index (χ3n) is 3.82. The van der Waals surface area contributed by atoms with E-state index in [-0.39, 0.29) is 0 Å². The van der Waals surface area contributed by atoms with Crippen molar-refractivity contribution >= 4 is 27.4 Å². The molecule has 0 fully saturated rings. The van der Waals surface area contributed by atoms with E-state index in [1.54, 1.807) is 17.7 Å². The van der Waals surface area contributed by atoms with E-state index in [9.17, 15) is 0 Å². The van der Waals surface area contributed by atoms with E-state index in [2.05, 4.69) is 53.3 Å². The lowest BCUT2D eigenvalue weighted by molar-refractivity contribution is 0.199. The van der Waals surface area contributed by atoms with Gasteiger partial charge in [0.25, 0.3) is 0 Å². The van der Waals surface area contributed by atoms with Crippen LogP contribution in [0.5, 0.6) is 0 Å². The van der Waals surface area contributed by atoms with Crippen molar-refractivity contribution in [3.8, 4) is 0 Å². The van der Waals surface area contributed by atoms with Gasteiger partial charge in [-0.3, -0.25) is 4.90 Å². The summed E-state index contributed by atoms with van der Waals surface area (Å²) in [5.41, 5.74) is 1.03. The predicted octanol–water partition coefficient (Wildman–Crippen LogP) is 3.86. The Labute approximate surface area is 131 Å². The Bertz CT molecular complexity index is 548. The molecule has 2 aromatic rings. The van der Waals surface area contributed by atoms with Crippen LogP contribution < -0.4 is 5.32 Å². The molecule has 1 atom stereocenters. The topological polar surface area (TPSA) is 41.0 Å². The summed E-state index contributed by atoms with van der Waals surface area (Å²) in [6.45, 7) is 12.2. The first-order chi connectivity index (χ1) is 10.2. The maximum atomic E-state index is 4.41. The van der Waals surface area contributed by atoms with Gasteiger partial charge in [-0.05, 0) is 36.9 Å². The minimum atomic E-state index is 0.546. The van der Waals surface area contributed by atoms with Gasteiger partial charge in [-0.25, -0.2) is 9.97 Å². The maximum absolute atomic E-state index is 4.41. The van der Waals surface area contributed by atoms with Crippen LogP contribution in [-0.4, -0.2) is 40.5 Å². The van der Waals surface area contributed by atoms with Gasteiger partial charge in [0.1, 0.15) is 12.1 Å². The predicted molar refractivity (Wildman–Crippen MR) is 92.1 cm³/mol. The third kappa shape index (κ3) is 4.14. The summed E-state index contributed by atoms with van der Waals surface area (Å²) in [6, 6.07) is 2.59. The Hall–Kier alpha value is -1.20. The molecular weight excluding hydrogens is 280 g/mol. The zero-order chi connectivity index (χ0) is 15.2. The highest BCUT2D eigenvalue weighted by atomic mass is 32.1. The molecule has 2 aromatic heterocycles. The number of hydrogen-bond donors (Lipinski definition) is 1. The molecule has 1 N–H and O–H groups in total. The van der Waals surface area contributed by atoms with Crippen molar-refractivity contribution in [2.45, 2.75) is 40.2 Å². The van der Waals surface area contributed by atoms with Gasteiger partial charge in [-0.15, -0.1) is 11.3 Å². The summed E-state index contributed by atoms with van der Waals surface area (Å²) in [5, 5.41) is 5.62. The van der Waals surface area contributed by atoms with Crippen LogP contribution in [0.1, 0.15) is 34.1 Å². The zero-order valence-electron chi connectivity index (χ0n) is 13.5. The Balaban J connectivity index is 2.08. The number of rotatable bonds is 8. The first kappa shape index (κ1) is 16.2. The van der Waals surface area contributed by atoms with E-state index in [1.165, 1.54) is 6.42 Å². The monoisotopic (exact) mass is 306 g/mol. The van der Waals surface area contributed by atoms with Crippen molar-refractivity contribution in [3.63, 3.8) is 0 Å². The van der Waals surface area contributed by atoms with Gasteiger partial charge in [0.05, 0.1) is 10.2 Å². The molecule has 0 aliphatic heterocycles. The van der Waals surface area contributed by atoms with Crippen molar-refractivity contribution in [3.05, 3.63) is 17.8 Å². The molecule has 0 unspecified atom stereocenters. The van der Waals surface area contributed by atoms with E-state index in [1.807, 2.05) is 6.07 Å². The van der Waals surface area contributed by atoms with Gasteiger partial charge in [0, 0.05) is 12.6 Å². The zero-order valence-corrected chi connectivity index (χ0v) is 14.3. The van der Waals surface area contributed by atoms with Crippen LogP contribution in [0.4, 0.5) is 5.82 Å². The number of anilines is 1. The summed E-state index contributed by atoms with van der Waals surface area (Å²) in [5.74, 6) is 1.67. The lowest BCUT2D eigenvalue weighted by Crippen LogP contribution is -2.40. The first-order valence-corrected chi connectivity index (χ1v) is 8.69. The molecule has 21 heavy (non-hydrogen) atoms. The molecule has 5 heteroatoms. The molecule has 2 rings (SSSR count). The van der Waals surface area contributed by atoms with E-state index in [0.717, 1.165) is 35.7 Å². The van der Waals surface area contributed by atoms with Crippen molar-refractivity contribution in [2.75, 3.05) is 25.0 Å². The highest BCUT2D eigenvalue weighted by Crippen LogP contribution is 2.25. The van der Waals surface area contributed by atoms with Crippen molar-refractivity contribution in [2.24, 2.45) is 5.92 Å². The quantitative estimate of drug-likeness (QED) is 0.804. The van der Waals surface area contributed by atoms with E-state index < -0.39 is 0 Å². The Kier molecular flexibility index (Phi) is 5.94. The number of aromatic nitrogens is 2. The molecule has 0 saturated carbocycles. The van der Waals surface area contributed by atoms with Gasteiger partial charge < -0.3 is 5.32 Å². The molecule has 0 spiro atoms. The summed E-state index contributed by atoms with van der Waals surface area (Å²) in [7, 11) is 0. The van der Waals surface area contributed by atoms with Crippen molar-refractivity contribution in [1.29, 1.82) is 0 Å². The van der Waals surface area contributed by atoms with Gasteiger partial charge in [0.15, 0.2) is 0 Å². The molecular formula is C16H26N4S. The lowest BCUT2D eigenvalue weighted by Gasteiger charge is -2.31. The second kappa shape index (κ2) is 7.71. The molecule has 0 radical (unpaired) electrons. The van der Waals surface area contributed by atoms with Crippen LogP contribution in [-0.2, 0) is 0 Å². The number of hydrogen-bond acceptors (Lipinski definition) is 5. The van der Waals surface area contributed by atoms with E-state index in [4.69, 9.17) is 0 Å². The SMILES string of the molecule is CCN(CC)[C@H](CNc1ncnc2ccsc12)CC(C)C. The van der Waals surface area contributed by atoms with Crippen LogP contribution in [0.3, 0.4) is 0 Å². The lowest BCUT2D eigenvalue weighted by atomic mass is 10.0. The van der Waals surface area contributed by atoms with Crippen LogP contribution in [0, 0.1) is 5.92 Å². The van der Waals surface area contributed by atoms with Gasteiger partial charge in [0.2, 0.25) is 0 Å². The Morgan fingerprint density at radius 3 is 2.67 bits per heavy atom. The highest BCUT2D eigenvalue weighted by molar-refractivity contribution is 7.17. The largest absolute Gasteiger partial charge is 0.367 e. The highest BCUT2D eigenvalue weighted by Gasteiger charge is 2.17. The number of nitrogens with zero attached hydrogens (tertiary/aromatic N) is 3. The number of likely N-dealkylation sites (N-methyl/N-ethyl adjacent to an activating group) is 1. The fraction of sp³-hybridized carbons (Fsp3) is 0.625. The van der Waals surface area contributed by atoms with Gasteiger partial charge >= 0.3 is 0 Å². The second-order valence-electron chi connectivity index (χ2n) is 5.74. The molecule has 4 nitrogen and oxygen atoms in total. The van der Waals surface area contributed by atoms with Crippen LogP contribution in [0.15, 0.2) is 17.8 Å². The summed E-state index contributed by atoms with van der Waals surface area (Å²) in [6.07, 6.45) is 2.85. The smallest absolute Gasteiger partial charge is 0.147 e. The summed E-state index contributed by atoms with van der Waals surface area (Å²) in [4.78, 5) is 11.2. The molecule has 0 saturated heterocycles. The van der Waals surface area contributed by atoms with Gasteiger partial charge in [-0.1, -0.05) is 27.7 Å². The van der Waals surface area contributed by atoms with Crippen LogP contribution >= 0.6 is 11.3 Å². The summed E-state index contributed by atoms with van der Waals surface area (Å²) >= 11 is 1.70. The molecule has 0 amide bonds. The molecule has 0 aromatic carbocycles. The fourth-order valence-electron chi connectivity index (χ4n) is 2.77. The number of nitrogens with one attached hydrogen (secondary N) is 1.